The molecule has 1 amide bonds. The van der Waals surface area contributed by atoms with E-state index in [1.165, 1.54) is 0 Å². The van der Waals surface area contributed by atoms with E-state index in [1.807, 2.05) is 57.2 Å². The smallest absolute Gasteiger partial charge is 0.276 e. The second-order valence-electron chi connectivity index (χ2n) is 4.50. The van der Waals surface area contributed by atoms with Crippen LogP contribution in [0.1, 0.15) is 28.7 Å². The second kappa shape index (κ2) is 5.65. The molecule has 2 rings (SSSR count). The van der Waals surface area contributed by atoms with Crippen molar-refractivity contribution < 1.29 is 4.79 Å². The van der Waals surface area contributed by atoms with E-state index in [-0.39, 0.29) is 5.91 Å². The molecule has 0 atom stereocenters. The van der Waals surface area contributed by atoms with Crippen molar-refractivity contribution in [2.75, 3.05) is 11.4 Å². The van der Waals surface area contributed by atoms with E-state index in [1.54, 1.807) is 11.0 Å². The lowest BCUT2D eigenvalue weighted by Gasteiger charge is -2.22. The molecule has 0 aliphatic heterocycles. The molecular weight excluding hydrogens is 236 g/mol. The fraction of sp³-hybridized carbons (Fsp3) is 0.250. The van der Waals surface area contributed by atoms with Crippen LogP contribution in [-0.4, -0.2) is 17.4 Å². The number of rotatable bonds is 3. The zero-order valence-electron chi connectivity index (χ0n) is 11.6. The van der Waals surface area contributed by atoms with Crippen LogP contribution >= 0.6 is 0 Å². The first-order valence-electron chi connectivity index (χ1n) is 6.44. The third kappa shape index (κ3) is 2.81. The van der Waals surface area contributed by atoms with Gasteiger partial charge in [0.1, 0.15) is 5.69 Å². The van der Waals surface area contributed by atoms with Crippen LogP contribution in [0.4, 0.5) is 5.69 Å². The summed E-state index contributed by atoms with van der Waals surface area (Å²) in [6.45, 7) is 6.50. The molecule has 2 aromatic rings. The summed E-state index contributed by atoms with van der Waals surface area (Å²) >= 11 is 0. The molecule has 0 fully saturated rings. The Morgan fingerprint density at radius 2 is 1.84 bits per heavy atom. The van der Waals surface area contributed by atoms with E-state index in [9.17, 15) is 4.79 Å². The van der Waals surface area contributed by atoms with Crippen LogP contribution in [0, 0.1) is 13.8 Å². The summed E-state index contributed by atoms with van der Waals surface area (Å²) in [5.41, 5.74) is 3.38. The van der Waals surface area contributed by atoms with Crippen LogP contribution in [0.3, 0.4) is 0 Å². The van der Waals surface area contributed by atoms with E-state index in [4.69, 9.17) is 0 Å². The summed E-state index contributed by atoms with van der Waals surface area (Å²) in [6.07, 6.45) is 0. The first-order valence-corrected chi connectivity index (χ1v) is 6.44. The lowest BCUT2D eigenvalue weighted by atomic mass is 10.1. The maximum Gasteiger partial charge on any atom is 0.276 e. The van der Waals surface area contributed by atoms with Crippen molar-refractivity contribution in [3.05, 3.63) is 59.4 Å². The minimum atomic E-state index is -0.0551. The van der Waals surface area contributed by atoms with Gasteiger partial charge < -0.3 is 4.90 Å². The lowest BCUT2D eigenvalue weighted by Crippen LogP contribution is -2.31. The highest BCUT2D eigenvalue weighted by molar-refractivity contribution is 6.05. The van der Waals surface area contributed by atoms with Gasteiger partial charge in [0.05, 0.1) is 0 Å². The standard InChI is InChI=1S/C16H18N2O/c1-4-18(15-11-6-5-8-12(15)2)16(19)14-10-7-9-13(3)17-14/h5-11H,4H2,1-3H3. The maximum absolute atomic E-state index is 12.5. The van der Waals surface area contributed by atoms with Crippen LogP contribution in [0.25, 0.3) is 0 Å². The fourth-order valence-electron chi connectivity index (χ4n) is 2.09. The van der Waals surface area contributed by atoms with Gasteiger partial charge in [0.25, 0.3) is 5.91 Å². The van der Waals surface area contributed by atoms with Gasteiger partial charge in [0, 0.05) is 17.9 Å². The summed E-state index contributed by atoms with van der Waals surface area (Å²) in [5.74, 6) is -0.0551. The zero-order valence-corrected chi connectivity index (χ0v) is 11.6. The van der Waals surface area contributed by atoms with Gasteiger partial charge in [-0.25, -0.2) is 4.98 Å². The highest BCUT2D eigenvalue weighted by Crippen LogP contribution is 2.20. The van der Waals surface area contributed by atoms with Gasteiger partial charge in [-0.1, -0.05) is 24.3 Å². The van der Waals surface area contributed by atoms with E-state index in [2.05, 4.69) is 4.98 Å². The number of aryl methyl sites for hydroxylation is 2. The fourth-order valence-corrected chi connectivity index (χ4v) is 2.09. The molecule has 1 aromatic carbocycles. The number of hydrogen-bond donors (Lipinski definition) is 0. The molecule has 3 heteroatoms. The molecule has 0 aliphatic carbocycles. The number of hydrogen-bond acceptors (Lipinski definition) is 2. The third-order valence-corrected chi connectivity index (χ3v) is 3.08. The van der Waals surface area contributed by atoms with Gasteiger partial charge in [0.15, 0.2) is 0 Å². The minimum absolute atomic E-state index is 0.0551. The number of amides is 1. The molecule has 19 heavy (non-hydrogen) atoms. The number of carbonyl (C=O) groups is 1. The number of para-hydroxylation sites is 1. The van der Waals surface area contributed by atoms with Gasteiger partial charge in [-0.05, 0) is 44.5 Å². The Bertz CT molecular complexity index is 593. The first-order chi connectivity index (χ1) is 9.13. The van der Waals surface area contributed by atoms with Gasteiger partial charge in [-0.15, -0.1) is 0 Å². The van der Waals surface area contributed by atoms with Crippen molar-refractivity contribution in [2.24, 2.45) is 0 Å². The number of anilines is 1. The van der Waals surface area contributed by atoms with Crippen molar-refractivity contribution in [3.63, 3.8) is 0 Å². The van der Waals surface area contributed by atoms with Gasteiger partial charge in [-0.2, -0.15) is 0 Å². The molecule has 0 aliphatic rings. The summed E-state index contributed by atoms with van der Waals surface area (Å²) < 4.78 is 0. The summed E-state index contributed by atoms with van der Waals surface area (Å²) in [6, 6.07) is 13.4. The van der Waals surface area contributed by atoms with Gasteiger partial charge in [0.2, 0.25) is 0 Å². The number of aromatic nitrogens is 1. The molecular formula is C16H18N2O. The minimum Gasteiger partial charge on any atom is -0.307 e. The van der Waals surface area contributed by atoms with Crippen molar-refractivity contribution in [1.29, 1.82) is 0 Å². The van der Waals surface area contributed by atoms with Crippen LogP contribution in [0.5, 0.6) is 0 Å². The Morgan fingerprint density at radius 1 is 1.11 bits per heavy atom. The molecule has 0 radical (unpaired) electrons. The Morgan fingerprint density at radius 3 is 2.47 bits per heavy atom. The van der Waals surface area contributed by atoms with Crippen LogP contribution in [0.2, 0.25) is 0 Å². The molecule has 3 nitrogen and oxygen atoms in total. The molecule has 1 heterocycles. The highest BCUT2D eigenvalue weighted by atomic mass is 16.2. The summed E-state index contributed by atoms with van der Waals surface area (Å²) in [5, 5.41) is 0. The molecule has 0 bridgehead atoms. The molecule has 0 unspecified atom stereocenters. The Labute approximate surface area is 113 Å². The molecule has 0 saturated carbocycles. The van der Waals surface area contributed by atoms with E-state index >= 15 is 0 Å². The largest absolute Gasteiger partial charge is 0.307 e. The zero-order chi connectivity index (χ0) is 13.8. The van der Waals surface area contributed by atoms with E-state index < -0.39 is 0 Å². The van der Waals surface area contributed by atoms with Crippen LogP contribution in [0.15, 0.2) is 42.5 Å². The summed E-state index contributed by atoms with van der Waals surface area (Å²) in [7, 11) is 0. The monoisotopic (exact) mass is 254 g/mol. The average molecular weight is 254 g/mol. The normalized spacial score (nSPS) is 10.3. The van der Waals surface area contributed by atoms with E-state index in [0.717, 1.165) is 16.9 Å². The highest BCUT2D eigenvalue weighted by Gasteiger charge is 2.18. The molecule has 0 saturated heterocycles. The Balaban J connectivity index is 2.38. The lowest BCUT2D eigenvalue weighted by molar-refractivity contribution is 0.0983. The van der Waals surface area contributed by atoms with Crippen molar-refractivity contribution in [1.82, 2.24) is 4.98 Å². The van der Waals surface area contributed by atoms with Crippen LogP contribution in [-0.2, 0) is 0 Å². The number of carbonyl (C=O) groups excluding carboxylic acids is 1. The van der Waals surface area contributed by atoms with Gasteiger partial charge in [-0.3, -0.25) is 4.79 Å². The Kier molecular flexibility index (Phi) is 3.95. The number of benzene rings is 1. The average Bonchev–Trinajstić information content (AvgIpc) is 2.41. The van der Waals surface area contributed by atoms with Crippen LogP contribution < -0.4 is 4.90 Å². The topological polar surface area (TPSA) is 33.2 Å². The van der Waals surface area contributed by atoms with Gasteiger partial charge >= 0.3 is 0 Å². The van der Waals surface area contributed by atoms with Crippen molar-refractivity contribution in [3.8, 4) is 0 Å². The SMILES string of the molecule is CCN(C(=O)c1cccc(C)n1)c1ccccc1C. The second-order valence-corrected chi connectivity index (χ2v) is 4.50. The molecule has 1 aromatic heterocycles. The predicted molar refractivity (Wildman–Crippen MR) is 77.5 cm³/mol. The maximum atomic E-state index is 12.5. The molecule has 0 N–H and O–H groups in total. The summed E-state index contributed by atoms with van der Waals surface area (Å²) in [4.78, 5) is 18.6. The van der Waals surface area contributed by atoms with E-state index in [0.29, 0.717) is 12.2 Å². The predicted octanol–water partition coefficient (Wildman–Crippen LogP) is 3.37. The van der Waals surface area contributed by atoms with Crippen molar-refractivity contribution in [2.45, 2.75) is 20.8 Å². The van der Waals surface area contributed by atoms with Crippen molar-refractivity contribution >= 4 is 11.6 Å². The first kappa shape index (κ1) is 13.3. The molecule has 98 valence electrons. The number of nitrogens with zero attached hydrogens (tertiary/aromatic N) is 2. The third-order valence-electron chi connectivity index (χ3n) is 3.08. The molecule has 0 spiro atoms. The Hall–Kier alpha value is -2.16. The number of pyridine rings is 1. The quantitative estimate of drug-likeness (QED) is 0.841.